The third kappa shape index (κ3) is 7.60. The fourth-order valence-electron chi connectivity index (χ4n) is 11.2. The van der Waals surface area contributed by atoms with Crippen molar-refractivity contribution in [2.75, 3.05) is 51.3 Å². The van der Waals surface area contributed by atoms with Crippen molar-refractivity contribution < 1.29 is 38.9 Å². The third-order valence-corrected chi connectivity index (χ3v) is 14.4. The molecule has 4 aromatic rings. The standard InChI is InChI=1S/C48H52N4O6.CH2O2/c1-57-42-26-33(8-11-38(42)44-35(31-5-3-2-4-6-31)10-7-32-25-34(53)9-12-36(32)44)51-21-17-30(18-22-51)27-50-23-19-48(20-24-50)29-58-45-39-28-52(41-15-16-43(54)49-46(41)55)47(56)37(39)13-14-40(45)48;2-1-3/h2-6,8-9,11-14,25-26,30,35,41,44,53H,7,10,15-24,27-29H2,1H3,(H,49,54,55);1H,(H,2,3)/t35-,41-,44+;/m1./s1. The summed E-state index contributed by atoms with van der Waals surface area (Å²) in [5.74, 6) is 2.37. The number of likely N-dealkylation sites (tertiary alicyclic amines) is 1. The van der Waals surface area contributed by atoms with E-state index in [1.807, 2.05) is 18.2 Å². The predicted octanol–water partition coefficient (Wildman–Crippen LogP) is 6.37. The number of imide groups is 1. The average molecular weight is 827 g/mol. The molecule has 3 fully saturated rings. The fourth-order valence-corrected chi connectivity index (χ4v) is 11.2. The molecule has 6 aliphatic rings. The molecule has 0 aromatic heterocycles. The number of carbonyl (C=O) groups is 4. The van der Waals surface area contributed by atoms with Crippen molar-refractivity contribution in [3.8, 4) is 17.2 Å². The Balaban J connectivity index is 0.00000154. The van der Waals surface area contributed by atoms with Crippen molar-refractivity contribution in [3.63, 3.8) is 0 Å². The minimum absolute atomic E-state index is 0.0524. The maximum absolute atomic E-state index is 13.4. The minimum Gasteiger partial charge on any atom is -0.508 e. The highest BCUT2D eigenvalue weighted by Crippen LogP contribution is 2.51. The lowest BCUT2D eigenvalue weighted by atomic mass is 9.69. The van der Waals surface area contributed by atoms with Gasteiger partial charge in [0.05, 0.1) is 20.3 Å². The van der Waals surface area contributed by atoms with E-state index in [-0.39, 0.29) is 41.9 Å². The zero-order valence-corrected chi connectivity index (χ0v) is 34.7. The Morgan fingerprint density at radius 2 is 1.64 bits per heavy atom. The van der Waals surface area contributed by atoms with Crippen LogP contribution in [0.3, 0.4) is 0 Å². The first kappa shape index (κ1) is 40.5. The molecule has 3 N–H and O–H groups in total. The van der Waals surface area contributed by atoms with Crippen LogP contribution in [-0.4, -0.2) is 96.7 Å². The molecule has 5 heterocycles. The van der Waals surface area contributed by atoms with Crippen LogP contribution in [-0.2, 0) is 32.8 Å². The van der Waals surface area contributed by atoms with E-state index in [2.05, 4.69) is 75.8 Å². The lowest BCUT2D eigenvalue weighted by molar-refractivity contribution is -0.137. The largest absolute Gasteiger partial charge is 0.508 e. The topological polar surface area (TPSA) is 149 Å². The van der Waals surface area contributed by atoms with Crippen LogP contribution in [0.2, 0.25) is 0 Å². The van der Waals surface area contributed by atoms with E-state index < -0.39 is 6.04 Å². The molecule has 1 aliphatic carbocycles. The molecule has 0 radical (unpaired) electrons. The predicted molar refractivity (Wildman–Crippen MR) is 229 cm³/mol. The number of benzene rings is 4. The SMILES string of the molecule is COc1cc(N2CCC(CN3CCC4(CC3)COc3c4ccc4c3CN([C@@H]3CCC(=O)NC3=O)C4=O)CC2)ccc1[C@@H]1c2ccc(O)cc2CC[C@@H]1c1ccccc1.O=CO. The van der Waals surface area contributed by atoms with E-state index >= 15 is 0 Å². The summed E-state index contributed by atoms with van der Waals surface area (Å²) in [6, 6.07) is 26.9. The third-order valence-electron chi connectivity index (χ3n) is 14.4. The molecule has 3 amide bonds. The number of piperidine rings is 3. The van der Waals surface area contributed by atoms with E-state index in [1.54, 1.807) is 12.0 Å². The number of hydrogen-bond acceptors (Lipinski definition) is 9. The number of hydrogen-bond donors (Lipinski definition) is 3. The molecule has 4 aromatic carbocycles. The smallest absolute Gasteiger partial charge is 0.290 e. The number of carboxylic acid groups (broad SMARTS) is 1. The van der Waals surface area contributed by atoms with Gasteiger partial charge >= 0.3 is 0 Å². The van der Waals surface area contributed by atoms with Crippen molar-refractivity contribution in [1.82, 2.24) is 15.1 Å². The number of nitrogens with zero attached hydrogens (tertiary/aromatic N) is 3. The Labute approximate surface area is 356 Å². The molecule has 318 valence electrons. The number of aryl methyl sites for hydroxylation is 1. The van der Waals surface area contributed by atoms with Gasteiger partial charge in [0.2, 0.25) is 11.8 Å². The van der Waals surface area contributed by atoms with Crippen LogP contribution in [0, 0.1) is 5.92 Å². The molecule has 1 spiro atoms. The van der Waals surface area contributed by atoms with Crippen LogP contribution in [0.4, 0.5) is 5.69 Å². The maximum atomic E-state index is 13.4. The summed E-state index contributed by atoms with van der Waals surface area (Å²) in [5.41, 5.74) is 8.91. The Bertz CT molecular complexity index is 2320. The highest BCUT2D eigenvalue weighted by molar-refractivity contribution is 6.05. The number of fused-ring (bicyclic) bond motifs is 5. The van der Waals surface area contributed by atoms with Crippen molar-refractivity contribution in [2.45, 2.75) is 81.2 Å². The van der Waals surface area contributed by atoms with Gasteiger partial charge in [-0.3, -0.25) is 24.5 Å². The van der Waals surface area contributed by atoms with Crippen LogP contribution >= 0.6 is 0 Å². The Kier molecular flexibility index (Phi) is 11.2. The zero-order chi connectivity index (χ0) is 42.3. The van der Waals surface area contributed by atoms with Crippen LogP contribution in [0.1, 0.15) is 101 Å². The van der Waals surface area contributed by atoms with Gasteiger partial charge in [-0.05, 0) is 111 Å². The highest BCUT2D eigenvalue weighted by Gasteiger charge is 2.48. The highest BCUT2D eigenvalue weighted by atomic mass is 16.5. The molecule has 3 atom stereocenters. The number of anilines is 1. The van der Waals surface area contributed by atoms with E-state index in [0.717, 1.165) is 88.3 Å². The molecular weight excluding hydrogens is 773 g/mol. The molecule has 10 rings (SSSR count). The summed E-state index contributed by atoms with van der Waals surface area (Å²) in [6.45, 7) is 5.91. The molecular formula is C49H54N4O8. The molecule has 12 heteroatoms. The molecule has 0 unspecified atom stereocenters. The van der Waals surface area contributed by atoms with E-state index in [4.69, 9.17) is 19.4 Å². The lowest BCUT2D eigenvalue weighted by Gasteiger charge is -2.41. The first-order valence-corrected chi connectivity index (χ1v) is 21.7. The van der Waals surface area contributed by atoms with Gasteiger partial charge in [0.25, 0.3) is 12.4 Å². The van der Waals surface area contributed by atoms with Gasteiger partial charge in [-0.2, -0.15) is 0 Å². The summed E-state index contributed by atoms with van der Waals surface area (Å²) in [7, 11) is 1.79. The molecule has 3 saturated heterocycles. The second-order valence-electron chi connectivity index (χ2n) is 17.6. The fraction of sp³-hybridized carbons (Fsp3) is 0.429. The number of ether oxygens (including phenoxy) is 2. The normalized spacial score (nSPS) is 23.3. The van der Waals surface area contributed by atoms with Crippen molar-refractivity contribution in [2.24, 2.45) is 5.92 Å². The van der Waals surface area contributed by atoms with E-state index in [9.17, 15) is 19.5 Å². The van der Waals surface area contributed by atoms with Gasteiger partial charge in [0, 0.05) is 71.4 Å². The minimum atomic E-state index is -0.627. The summed E-state index contributed by atoms with van der Waals surface area (Å²) in [5, 5.41) is 19.6. The number of phenols is 1. The van der Waals surface area contributed by atoms with Gasteiger partial charge in [-0.1, -0.05) is 48.5 Å². The van der Waals surface area contributed by atoms with Crippen LogP contribution < -0.4 is 19.7 Å². The number of amides is 3. The Morgan fingerprint density at radius 1 is 0.885 bits per heavy atom. The number of phenolic OH excluding ortho intramolecular Hbond substituents is 1. The average Bonchev–Trinajstić information content (AvgIpc) is 3.81. The molecule has 0 bridgehead atoms. The van der Waals surface area contributed by atoms with E-state index in [0.29, 0.717) is 42.7 Å². The van der Waals surface area contributed by atoms with Crippen molar-refractivity contribution >= 4 is 29.9 Å². The van der Waals surface area contributed by atoms with Crippen LogP contribution in [0.5, 0.6) is 17.2 Å². The summed E-state index contributed by atoms with van der Waals surface area (Å²) >= 11 is 0. The number of methoxy groups -OCH3 is 1. The first-order chi connectivity index (χ1) is 29.7. The van der Waals surface area contributed by atoms with Gasteiger partial charge in [-0.25, -0.2) is 0 Å². The monoisotopic (exact) mass is 826 g/mol. The number of aromatic hydroxyl groups is 1. The number of carbonyl (C=O) groups excluding carboxylic acids is 3. The lowest BCUT2D eigenvalue weighted by Crippen LogP contribution is -2.52. The van der Waals surface area contributed by atoms with Gasteiger partial charge in [0.1, 0.15) is 23.3 Å². The Morgan fingerprint density at radius 3 is 2.38 bits per heavy atom. The first-order valence-electron chi connectivity index (χ1n) is 21.7. The van der Waals surface area contributed by atoms with E-state index in [1.165, 1.54) is 33.5 Å². The molecule has 5 aliphatic heterocycles. The zero-order valence-electron chi connectivity index (χ0n) is 34.7. The second kappa shape index (κ2) is 16.9. The van der Waals surface area contributed by atoms with Gasteiger partial charge in [-0.15, -0.1) is 0 Å². The second-order valence-corrected chi connectivity index (χ2v) is 17.6. The Hall–Kier alpha value is -5.88. The van der Waals surface area contributed by atoms with Gasteiger partial charge in [0.15, 0.2) is 0 Å². The molecule has 0 saturated carbocycles. The maximum Gasteiger partial charge on any atom is 0.290 e. The van der Waals surface area contributed by atoms with Gasteiger partial charge < -0.3 is 34.4 Å². The van der Waals surface area contributed by atoms with Crippen molar-refractivity contribution in [3.05, 3.63) is 118 Å². The summed E-state index contributed by atoms with van der Waals surface area (Å²) < 4.78 is 12.6. The van der Waals surface area contributed by atoms with Crippen LogP contribution in [0.25, 0.3) is 0 Å². The quantitative estimate of drug-likeness (QED) is 0.142. The number of nitrogens with one attached hydrogen (secondary N) is 1. The number of rotatable bonds is 7. The molecule has 61 heavy (non-hydrogen) atoms. The summed E-state index contributed by atoms with van der Waals surface area (Å²) in [4.78, 5) is 52.9. The van der Waals surface area contributed by atoms with Crippen LogP contribution in [0.15, 0.2) is 78.9 Å². The van der Waals surface area contributed by atoms with Crippen molar-refractivity contribution in [1.29, 1.82) is 0 Å². The molecule has 12 nitrogen and oxygen atoms in total. The summed E-state index contributed by atoms with van der Waals surface area (Å²) in [6.07, 6.45) is 6.89.